The van der Waals surface area contributed by atoms with Crippen molar-refractivity contribution >= 4 is 12.1 Å². The largest absolute Gasteiger partial charge is 0.444 e. The standard InChI is InChI=1S/C20H38N4O4/c1-5-21-18(22-10-6-12-27-17-8-13-26-14-9-17)24-11-7-16(15-24)23-19(25)28-20(2,3)4/h16-17H,5-15H2,1-4H3,(H,21,22)(H,23,25). The van der Waals surface area contributed by atoms with Gasteiger partial charge in [0.15, 0.2) is 5.96 Å². The van der Waals surface area contributed by atoms with E-state index in [1.807, 2.05) is 20.8 Å². The lowest BCUT2D eigenvalue weighted by Gasteiger charge is -2.24. The molecule has 1 amide bonds. The number of hydrogen-bond acceptors (Lipinski definition) is 5. The first-order valence-corrected chi connectivity index (χ1v) is 10.6. The maximum Gasteiger partial charge on any atom is 0.407 e. The minimum Gasteiger partial charge on any atom is -0.444 e. The molecule has 2 aliphatic heterocycles. The Morgan fingerprint density at radius 1 is 1.25 bits per heavy atom. The van der Waals surface area contributed by atoms with Crippen molar-refractivity contribution in [3.05, 3.63) is 0 Å². The third-order valence-corrected chi connectivity index (χ3v) is 4.63. The van der Waals surface area contributed by atoms with Gasteiger partial charge in [-0.05, 0) is 53.4 Å². The number of aliphatic imine (C=N–C) groups is 1. The predicted octanol–water partition coefficient (Wildman–Crippen LogP) is 2.14. The monoisotopic (exact) mass is 398 g/mol. The van der Waals surface area contributed by atoms with Gasteiger partial charge < -0.3 is 29.7 Å². The van der Waals surface area contributed by atoms with Crippen LogP contribution >= 0.6 is 0 Å². The van der Waals surface area contributed by atoms with Crippen LogP contribution in [-0.2, 0) is 14.2 Å². The lowest BCUT2D eigenvalue weighted by atomic mass is 10.1. The zero-order chi connectivity index (χ0) is 20.4. The molecule has 0 aromatic heterocycles. The van der Waals surface area contributed by atoms with Gasteiger partial charge >= 0.3 is 6.09 Å². The highest BCUT2D eigenvalue weighted by atomic mass is 16.6. The molecule has 0 aromatic rings. The fourth-order valence-corrected chi connectivity index (χ4v) is 3.31. The molecule has 0 spiro atoms. The maximum absolute atomic E-state index is 12.0. The molecule has 0 aromatic carbocycles. The average molecular weight is 399 g/mol. The number of amides is 1. The second kappa shape index (κ2) is 11.5. The van der Waals surface area contributed by atoms with Gasteiger partial charge in [-0.1, -0.05) is 0 Å². The molecular formula is C20H38N4O4. The fraction of sp³-hybridized carbons (Fsp3) is 0.900. The van der Waals surface area contributed by atoms with Crippen molar-refractivity contribution < 1.29 is 19.0 Å². The molecule has 0 bridgehead atoms. The minimum absolute atomic E-state index is 0.0792. The van der Waals surface area contributed by atoms with Crippen molar-refractivity contribution in [3.63, 3.8) is 0 Å². The normalized spacial score (nSPS) is 21.6. The summed E-state index contributed by atoms with van der Waals surface area (Å²) in [5.41, 5.74) is -0.481. The van der Waals surface area contributed by atoms with E-state index in [0.29, 0.717) is 6.10 Å². The van der Waals surface area contributed by atoms with Crippen LogP contribution in [0.4, 0.5) is 4.79 Å². The molecule has 2 N–H and O–H groups in total. The van der Waals surface area contributed by atoms with Gasteiger partial charge in [-0.15, -0.1) is 0 Å². The number of carbonyl (C=O) groups is 1. The van der Waals surface area contributed by atoms with Gasteiger partial charge in [0.25, 0.3) is 0 Å². The lowest BCUT2D eigenvalue weighted by molar-refractivity contribution is -0.0318. The van der Waals surface area contributed by atoms with E-state index < -0.39 is 5.60 Å². The molecule has 28 heavy (non-hydrogen) atoms. The fourth-order valence-electron chi connectivity index (χ4n) is 3.31. The van der Waals surface area contributed by atoms with Gasteiger partial charge in [-0.3, -0.25) is 4.99 Å². The van der Waals surface area contributed by atoms with Crippen LogP contribution in [0.3, 0.4) is 0 Å². The molecule has 2 aliphatic rings. The summed E-state index contributed by atoms with van der Waals surface area (Å²) in [5, 5.41) is 6.31. The number of alkyl carbamates (subject to hydrolysis) is 1. The molecule has 2 rings (SSSR count). The van der Waals surface area contributed by atoms with Crippen LogP contribution in [0.5, 0.6) is 0 Å². The first-order chi connectivity index (χ1) is 13.4. The van der Waals surface area contributed by atoms with Crippen LogP contribution in [0.2, 0.25) is 0 Å². The summed E-state index contributed by atoms with van der Waals surface area (Å²) in [6.45, 7) is 13.2. The number of guanidine groups is 1. The molecule has 0 radical (unpaired) electrons. The first kappa shape index (κ1) is 22.7. The first-order valence-electron chi connectivity index (χ1n) is 10.6. The van der Waals surface area contributed by atoms with Gasteiger partial charge in [0.05, 0.1) is 12.1 Å². The van der Waals surface area contributed by atoms with E-state index in [9.17, 15) is 4.79 Å². The van der Waals surface area contributed by atoms with Gasteiger partial charge in [0.2, 0.25) is 0 Å². The SMILES string of the molecule is CCNC(=NCCCOC1CCOCC1)N1CCC(NC(=O)OC(C)(C)C)C1. The Morgan fingerprint density at radius 3 is 2.68 bits per heavy atom. The van der Waals surface area contributed by atoms with Crippen LogP contribution in [0.1, 0.15) is 53.4 Å². The Balaban J connectivity index is 1.71. The van der Waals surface area contributed by atoms with E-state index in [4.69, 9.17) is 19.2 Å². The number of nitrogens with one attached hydrogen (secondary N) is 2. The number of nitrogens with zero attached hydrogens (tertiary/aromatic N) is 2. The zero-order valence-corrected chi connectivity index (χ0v) is 18.0. The van der Waals surface area contributed by atoms with E-state index in [1.54, 1.807) is 0 Å². The Hall–Kier alpha value is -1.54. The van der Waals surface area contributed by atoms with Crippen LogP contribution < -0.4 is 10.6 Å². The van der Waals surface area contributed by atoms with Gasteiger partial charge in [-0.2, -0.15) is 0 Å². The quantitative estimate of drug-likeness (QED) is 0.388. The van der Waals surface area contributed by atoms with E-state index in [2.05, 4.69) is 22.5 Å². The molecule has 162 valence electrons. The average Bonchev–Trinajstić information content (AvgIpc) is 3.08. The van der Waals surface area contributed by atoms with Crippen molar-refractivity contribution in [2.75, 3.05) is 46.0 Å². The van der Waals surface area contributed by atoms with Crippen molar-refractivity contribution in [3.8, 4) is 0 Å². The van der Waals surface area contributed by atoms with Crippen molar-refractivity contribution in [1.29, 1.82) is 0 Å². The molecule has 2 heterocycles. The Kier molecular flexibility index (Phi) is 9.31. The molecule has 2 saturated heterocycles. The van der Waals surface area contributed by atoms with Crippen LogP contribution in [0, 0.1) is 0 Å². The summed E-state index contributed by atoms with van der Waals surface area (Å²) in [5.74, 6) is 0.905. The summed E-state index contributed by atoms with van der Waals surface area (Å²) in [6.07, 6.45) is 3.75. The molecular weight excluding hydrogens is 360 g/mol. The molecule has 1 unspecified atom stereocenters. The van der Waals surface area contributed by atoms with E-state index >= 15 is 0 Å². The molecule has 2 fully saturated rings. The highest BCUT2D eigenvalue weighted by Crippen LogP contribution is 2.13. The summed E-state index contributed by atoms with van der Waals surface area (Å²) < 4.78 is 16.6. The molecule has 8 nitrogen and oxygen atoms in total. The second-order valence-corrected chi connectivity index (χ2v) is 8.35. The van der Waals surface area contributed by atoms with Crippen LogP contribution in [0.15, 0.2) is 4.99 Å². The Labute approximate surface area is 169 Å². The van der Waals surface area contributed by atoms with Crippen molar-refractivity contribution in [1.82, 2.24) is 15.5 Å². The molecule has 1 atom stereocenters. The van der Waals surface area contributed by atoms with Gasteiger partial charge in [-0.25, -0.2) is 4.79 Å². The van der Waals surface area contributed by atoms with Gasteiger partial charge in [0, 0.05) is 46.0 Å². The van der Waals surface area contributed by atoms with Gasteiger partial charge in [0.1, 0.15) is 5.60 Å². The summed E-state index contributed by atoms with van der Waals surface area (Å²) >= 11 is 0. The molecule has 0 aliphatic carbocycles. The molecule has 8 heteroatoms. The number of ether oxygens (including phenoxy) is 3. The van der Waals surface area contributed by atoms with Crippen molar-refractivity contribution in [2.45, 2.75) is 71.1 Å². The third-order valence-electron chi connectivity index (χ3n) is 4.63. The minimum atomic E-state index is -0.481. The number of likely N-dealkylation sites (tertiary alicyclic amines) is 1. The highest BCUT2D eigenvalue weighted by Gasteiger charge is 2.27. The third kappa shape index (κ3) is 8.65. The van der Waals surface area contributed by atoms with E-state index in [0.717, 1.165) is 77.6 Å². The zero-order valence-electron chi connectivity index (χ0n) is 18.0. The predicted molar refractivity (Wildman–Crippen MR) is 110 cm³/mol. The maximum atomic E-state index is 12.0. The number of rotatable bonds is 7. The van der Waals surface area contributed by atoms with Crippen molar-refractivity contribution in [2.24, 2.45) is 4.99 Å². The van der Waals surface area contributed by atoms with Crippen LogP contribution in [-0.4, -0.2) is 80.7 Å². The Morgan fingerprint density at radius 2 is 2.00 bits per heavy atom. The summed E-state index contributed by atoms with van der Waals surface area (Å²) in [6, 6.07) is 0.0792. The molecule has 0 saturated carbocycles. The number of hydrogen-bond donors (Lipinski definition) is 2. The van der Waals surface area contributed by atoms with E-state index in [1.165, 1.54) is 0 Å². The topological polar surface area (TPSA) is 84.4 Å². The lowest BCUT2D eigenvalue weighted by Crippen LogP contribution is -2.44. The smallest absolute Gasteiger partial charge is 0.407 e. The highest BCUT2D eigenvalue weighted by molar-refractivity contribution is 5.80. The second-order valence-electron chi connectivity index (χ2n) is 8.35. The number of carbonyl (C=O) groups excluding carboxylic acids is 1. The van der Waals surface area contributed by atoms with Crippen LogP contribution in [0.25, 0.3) is 0 Å². The summed E-state index contributed by atoms with van der Waals surface area (Å²) in [4.78, 5) is 18.9. The Bertz CT molecular complexity index is 501. The van der Waals surface area contributed by atoms with E-state index in [-0.39, 0.29) is 12.1 Å². The summed E-state index contributed by atoms with van der Waals surface area (Å²) in [7, 11) is 0.